The molecule has 2 aliphatic heterocycles. The summed E-state index contributed by atoms with van der Waals surface area (Å²) in [5.74, 6) is 3.33. The average molecular weight is 483 g/mol. The van der Waals surface area contributed by atoms with Crippen LogP contribution in [0.3, 0.4) is 0 Å². The topological polar surface area (TPSA) is 69.3 Å². The predicted octanol–water partition coefficient (Wildman–Crippen LogP) is 3.98. The van der Waals surface area contributed by atoms with E-state index in [0.717, 1.165) is 62.9 Å². The van der Waals surface area contributed by atoms with Crippen LogP contribution in [0.4, 0.5) is 0 Å². The molecule has 7 aliphatic rings. The molecular weight excluding hydrogens is 444 g/mol. The zero-order chi connectivity index (χ0) is 23.5. The van der Waals surface area contributed by atoms with Crippen LogP contribution in [0.1, 0.15) is 69.3 Å². The van der Waals surface area contributed by atoms with Gasteiger partial charge in [-0.1, -0.05) is 12.1 Å². The summed E-state index contributed by atoms with van der Waals surface area (Å²) in [6.07, 6.45) is 10.4. The van der Waals surface area contributed by atoms with Crippen molar-refractivity contribution in [2.45, 2.75) is 75.3 Å². The molecule has 0 atom stereocenters. The fraction of sp³-hybridized carbons (Fsp3) is 0.750. The summed E-state index contributed by atoms with van der Waals surface area (Å²) in [7, 11) is 0. The van der Waals surface area contributed by atoms with Crippen LogP contribution in [-0.4, -0.2) is 55.2 Å². The third-order valence-electron chi connectivity index (χ3n) is 9.84. The Hall–Kier alpha value is -1.67. The van der Waals surface area contributed by atoms with E-state index in [2.05, 4.69) is 34.5 Å². The monoisotopic (exact) mass is 482 g/mol. The molecule has 1 N–H and O–H groups in total. The van der Waals surface area contributed by atoms with Crippen LogP contribution in [0, 0.1) is 23.7 Å². The Morgan fingerprint density at radius 1 is 0.971 bits per heavy atom. The Morgan fingerprint density at radius 2 is 1.69 bits per heavy atom. The second kappa shape index (κ2) is 8.72. The first-order valence-corrected chi connectivity index (χ1v) is 13.9. The van der Waals surface area contributed by atoms with Crippen molar-refractivity contribution in [1.82, 2.24) is 10.2 Å². The van der Waals surface area contributed by atoms with Crippen molar-refractivity contribution < 1.29 is 24.0 Å². The quantitative estimate of drug-likeness (QED) is 0.641. The van der Waals surface area contributed by atoms with Crippen LogP contribution < -0.4 is 10.1 Å². The predicted molar refractivity (Wildman–Crippen MR) is 128 cm³/mol. The van der Waals surface area contributed by atoms with E-state index in [9.17, 15) is 4.79 Å². The van der Waals surface area contributed by atoms with E-state index < -0.39 is 11.6 Å². The van der Waals surface area contributed by atoms with Crippen LogP contribution in [-0.2, 0) is 19.3 Å². The Labute approximate surface area is 207 Å². The van der Waals surface area contributed by atoms with Gasteiger partial charge in [-0.25, -0.2) is 0 Å². The second-order valence-electron chi connectivity index (χ2n) is 12.0. The normalized spacial score (nSPS) is 42.6. The van der Waals surface area contributed by atoms with Gasteiger partial charge in [-0.3, -0.25) is 9.69 Å². The van der Waals surface area contributed by atoms with Crippen molar-refractivity contribution in [2.24, 2.45) is 23.7 Å². The van der Waals surface area contributed by atoms with Gasteiger partial charge in [-0.05, 0) is 80.4 Å². The van der Waals surface area contributed by atoms with E-state index in [1.54, 1.807) is 0 Å². The van der Waals surface area contributed by atoms with Crippen LogP contribution in [0.2, 0.25) is 0 Å². The smallest absolute Gasteiger partial charge is 0.234 e. The van der Waals surface area contributed by atoms with E-state index in [-0.39, 0.29) is 5.91 Å². The van der Waals surface area contributed by atoms with Gasteiger partial charge in [0, 0.05) is 44.3 Å². The maximum atomic E-state index is 11.5. The number of nitrogens with one attached hydrogen (secondary N) is 1. The van der Waals surface area contributed by atoms with E-state index in [0.29, 0.717) is 30.9 Å². The largest absolute Gasteiger partial charge is 0.492 e. The van der Waals surface area contributed by atoms with Gasteiger partial charge in [0.25, 0.3) is 0 Å². The Kier molecular flexibility index (Phi) is 5.61. The number of ether oxygens (including phenoxy) is 2. The SMILES string of the molecule is O=C1CN(CCOc2ccc(C3CCC4(CC3)OOC3(O4)C4CC5CC(C4)CC3C5)cc2)CCN1. The molecule has 7 fully saturated rings. The zero-order valence-electron chi connectivity index (χ0n) is 20.6. The molecule has 5 aliphatic carbocycles. The summed E-state index contributed by atoms with van der Waals surface area (Å²) >= 11 is 0. The molecule has 0 radical (unpaired) electrons. The van der Waals surface area contributed by atoms with E-state index in [1.165, 1.54) is 37.7 Å². The van der Waals surface area contributed by atoms with Crippen LogP contribution in [0.15, 0.2) is 24.3 Å². The van der Waals surface area contributed by atoms with Gasteiger partial charge < -0.3 is 14.8 Å². The second-order valence-corrected chi connectivity index (χ2v) is 12.0. The number of benzene rings is 1. The first kappa shape index (κ1) is 22.5. The summed E-state index contributed by atoms with van der Waals surface area (Å²) < 4.78 is 12.8. The summed E-state index contributed by atoms with van der Waals surface area (Å²) in [4.78, 5) is 25.9. The Balaban J connectivity index is 0.920. The highest BCUT2D eigenvalue weighted by Crippen LogP contribution is 2.64. The van der Waals surface area contributed by atoms with Gasteiger partial charge in [-0.2, -0.15) is 9.78 Å². The molecule has 5 saturated carbocycles. The molecular formula is C28H38N2O5. The summed E-state index contributed by atoms with van der Waals surface area (Å²) in [6.45, 7) is 3.44. The van der Waals surface area contributed by atoms with Crippen molar-refractivity contribution in [3.05, 3.63) is 29.8 Å². The van der Waals surface area contributed by atoms with E-state index >= 15 is 0 Å². The highest BCUT2D eigenvalue weighted by molar-refractivity contribution is 5.78. The molecule has 4 bridgehead atoms. The van der Waals surface area contributed by atoms with Crippen LogP contribution in [0.25, 0.3) is 0 Å². The lowest BCUT2D eigenvalue weighted by Crippen LogP contribution is -2.59. The fourth-order valence-electron chi connectivity index (χ4n) is 8.20. The Bertz CT molecular complexity index is 913. The first-order valence-electron chi connectivity index (χ1n) is 13.9. The number of hydrogen-bond acceptors (Lipinski definition) is 6. The van der Waals surface area contributed by atoms with Gasteiger partial charge in [0.1, 0.15) is 12.4 Å². The van der Waals surface area contributed by atoms with Crippen LogP contribution >= 0.6 is 0 Å². The summed E-state index contributed by atoms with van der Waals surface area (Å²) in [5, 5.41) is 2.86. The number of carbonyl (C=O) groups is 1. The van der Waals surface area contributed by atoms with Gasteiger partial charge in [-0.15, -0.1) is 0 Å². The number of amides is 1. The molecule has 8 rings (SSSR count). The lowest BCUT2D eigenvalue weighted by molar-refractivity contribution is -0.390. The molecule has 2 saturated heterocycles. The molecule has 7 heteroatoms. The standard InChI is InChI=1S/C28H38N2O5/c31-26-18-30(10-9-29-26)11-12-32-25-3-1-21(2-4-25)22-5-7-27(8-6-22)33-28(35-34-27)23-14-19-13-20(16-23)17-24(28)15-19/h1-4,19-20,22-24H,5-18H2,(H,29,31). The number of hydrogen-bond donors (Lipinski definition) is 1. The number of nitrogens with zero attached hydrogens (tertiary/aromatic N) is 1. The fourth-order valence-corrected chi connectivity index (χ4v) is 8.20. The van der Waals surface area contributed by atoms with Crippen molar-refractivity contribution in [1.29, 1.82) is 0 Å². The zero-order valence-corrected chi connectivity index (χ0v) is 20.6. The number of piperazine rings is 1. The minimum atomic E-state index is -0.541. The Morgan fingerprint density at radius 3 is 2.37 bits per heavy atom. The lowest BCUT2D eigenvalue weighted by atomic mass is 9.53. The molecule has 7 nitrogen and oxygen atoms in total. The number of rotatable bonds is 5. The minimum absolute atomic E-state index is 0.100. The summed E-state index contributed by atoms with van der Waals surface area (Å²) in [5.41, 5.74) is 1.36. The van der Waals surface area contributed by atoms with Crippen LogP contribution in [0.5, 0.6) is 5.75 Å². The minimum Gasteiger partial charge on any atom is -0.492 e. The summed E-state index contributed by atoms with van der Waals surface area (Å²) in [6, 6.07) is 8.58. The molecule has 1 aromatic rings. The van der Waals surface area contributed by atoms with Crippen molar-refractivity contribution in [2.75, 3.05) is 32.8 Å². The first-order chi connectivity index (χ1) is 17.1. The molecule has 35 heavy (non-hydrogen) atoms. The van der Waals surface area contributed by atoms with Gasteiger partial charge >= 0.3 is 0 Å². The molecule has 190 valence electrons. The molecule has 0 aromatic heterocycles. The lowest BCUT2D eigenvalue weighted by Gasteiger charge is -2.57. The highest BCUT2D eigenvalue weighted by Gasteiger charge is 2.66. The highest BCUT2D eigenvalue weighted by atomic mass is 17.3. The van der Waals surface area contributed by atoms with Gasteiger partial charge in [0.2, 0.25) is 17.5 Å². The van der Waals surface area contributed by atoms with Gasteiger partial charge in [0.05, 0.1) is 6.54 Å². The maximum absolute atomic E-state index is 11.5. The molecule has 1 aromatic carbocycles. The average Bonchev–Trinajstić information content (AvgIpc) is 3.23. The molecule has 1 amide bonds. The van der Waals surface area contributed by atoms with Crippen molar-refractivity contribution in [3.8, 4) is 5.75 Å². The maximum Gasteiger partial charge on any atom is 0.234 e. The van der Waals surface area contributed by atoms with Crippen molar-refractivity contribution in [3.63, 3.8) is 0 Å². The van der Waals surface area contributed by atoms with Crippen molar-refractivity contribution >= 4 is 5.91 Å². The third-order valence-corrected chi connectivity index (χ3v) is 9.84. The van der Waals surface area contributed by atoms with E-state index in [1.807, 2.05) is 0 Å². The third kappa shape index (κ3) is 4.08. The molecule has 2 heterocycles. The van der Waals surface area contributed by atoms with E-state index in [4.69, 9.17) is 19.2 Å². The number of carbonyl (C=O) groups excluding carboxylic acids is 1. The van der Waals surface area contributed by atoms with Gasteiger partial charge in [0.15, 0.2) is 0 Å². The molecule has 0 unspecified atom stereocenters. The molecule has 2 spiro atoms.